The van der Waals surface area contributed by atoms with Crippen molar-refractivity contribution in [1.82, 2.24) is 19.9 Å². The number of rotatable bonds is 6. The molecule has 0 saturated heterocycles. The zero-order valence-corrected chi connectivity index (χ0v) is 20.9. The Labute approximate surface area is 213 Å². The fourth-order valence-corrected chi connectivity index (χ4v) is 3.79. The van der Waals surface area contributed by atoms with Crippen molar-refractivity contribution in [3.05, 3.63) is 133 Å². The summed E-state index contributed by atoms with van der Waals surface area (Å²) < 4.78 is 0. The highest BCUT2D eigenvalue weighted by Crippen LogP contribution is 2.23. The lowest BCUT2D eigenvalue weighted by atomic mass is 9.90. The second-order valence-electron chi connectivity index (χ2n) is 9.52. The predicted octanol–water partition coefficient (Wildman–Crippen LogP) is 3.30. The average molecular weight is 493 g/mol. The van der Waals surface area contributed by atoms with Gasteiger partial charge in [0.25, 0.3) is 11.1 Å². The van der Waals surface area contributed by atoms with Crippen LogP contribution in [0.5, 0.6) is 0 Å². The molecule has 3 N–H and O–H groups in total. The summed E-state index contributed by atoms with van der Waals surface area (Å²) in [7, 11) is 0. The Morgan fingerprint density at radius 1 is 0.811 bits per heavy atom. The van der Waals surface area contributed by atoms with Gasteiger partial charge in [-0.3, -0.25) is 14.4 Å². The van der Waals surface area contributed by atoms with Crippen LogP contribution in [0.3, 0.4) is 0 Å². The molecule has 0 aliphatic rings. The Bertz CT molecular complexity index is 1710. The zero-order chi connectivity index (χ0) is 26.4. The normalized spacial score (nSPS) is 13.2. The second kappa shape index (κ2) is 10.9. The first-order valence-electron chi connectivity index (χ1n) is 11.9. The number of ketones is 1. The van der Waals surface area contributed by atoms with E-state index in [0.717, 1.165) is 17.0 Å². The Kier molecular flexibility index (Phi) is 7.44. The minimum absolute atomic E-state index is 0.0663. The molecule has 0 saturated carbocycles. The van der Waals surface area contributed by atoms with Gasteiger partial charge in [-0.2, -0.15) is 0 Å². The van der Waals surface area contributed by atoms with Crippen molar-refractivity contribution in [2.24, 2.45) is 0 Å². The summed E-state index contributed by atoms with van der Waals surface area (Å²) in [5.74, 6) is -0.0663. The molecule has 0 unspecified atom stereocenters. The van der Waals surface area contributed by atoms with Gasteiger partial charge in [-0.25, -0.2) is 4.98 Å². The second-order valence-corrected chi connectivity index (χ2v) is 9.52. The largest absolute Gasteiger partial charge is 0.348 e. The molecule has 2 aromatic carbocycles. The maximum atomic E-state index is 12.7. The summed E-state index contributed by atoms with van der Waals surface area (Å²) in [6.07, 6.45) is 11.6. The average Bonchev–Trinajstić information content (AvgIpc) is 3.36. The van der Waals surface area contributed by atoms with Crippen LogP contribution in [0.1, 0.15) is 53.6 Å². The van der Waals surface area contributed by atoms with E-state index in [9.17, 15) is 14.4 Å². The lowest BCUT2D eigenvalue weighted by molar-refractivity contribution is 0.103. The number of H-pyrrole nitrogens is 3. The van der Waals surface area contributed by atoms with Gasteiger partial charge >= 0.3 is 0 Å². The van der Waals surface area contributed by atoms with E-state index in [2.05, 4.69) is 40.7 Å². The number of aromatic nitrogens is 4. The first-order valence-corrected chi connectivity index (χ1v) is 11.9. The fraction of sp³-hybridized carbons (Fsp3) is 0.133. The molecule has 0 radical (unpaired) electrons. The molecule has 7 heteroatoms. The standard InChI is InChI=1S/C30H28N4O3/c1-30(2,3)27-23(31-19-32-27)15-9-17-25-29(37)33-24(28(36)34-25)16-8-11-20-10-7-14-22(18-20)26(35)21-12-5-4-6-13-21/h4-19H,1-3H3,(H,31,32)(H,33,37)(H,34,36)/b11-8+,15-9+,24-16-,25-17-. The molecule has 37 heavy (non-hydrogen) atoms. The van der Waals surface area contributed by atoms with Crippen molar-refractivity contribution < 1.29 is 4.79 Å². The maximum Gasteiger partial charge on any atom is 0.272 e. The molecule has 0 bridgehead atoms. The quantitative estimate of drug-likeness (QED) is 0.359. The molecule has 2 heterocycles. The van der Waals surface area contributed by atoms with E-state index < -0.39 is 11.1 Å². The summed E-state index contributed by atoms with van der Waals surface area (Å²) in [6, 6.07) is 16.3. The van der Waals surface area contributed by atoms with Crippen molar-refractivity contribution in [3.63, 3.8) is 0 Å². The van der Waals surface area contributed by atoms with Gasteiger partial charge in [0.2, 0.25) is 0 Å². The third-order valence-electron chi connectivity index (χ3n) is 5.66. The third kappa shape index (κ3) is 6.27. The Morgan fingerprint density at radius 3 is 2.08 bits per heavy atom. The van der Waals surface area contributed by atoms with E-state index in [-0.39, 0.29) is 21.9 Å². The minimum Gasteiger partial charge on any atom is -0.348 e. The number of aromatic amines is 3. The highest BCUT2D eigenvalue weighted by Gasteiger charge is 2.18. The van der Waals surface area contributed by atoms with Crippen LogP contribution in [0.25, 0.3) is 24.3 Å². The van der Waals surface area contributed by atoms with Crippen molar-refractivity contribution in [2.75, 3.05) is 0 Å². The SMILES string of the molecule is CC(C)(C)c1[nH]cnc1/C=C/C=c1\[nH]c(=O)/c(=C/C=C/c2cccc(C(=O)c3ccccc3)c2)[nH]c1=O. The number of nitrogens with one attached hydrogen (secondary N) is 3. The molecule has 0 atom stereocenters. The topological polar surface area (TPSA) is 111 Å². The highest BCUT2D eigenvalue weighted by molar-refractivity contribution is 6.09. The van der Waals surface area contributed by atoms with Crippen LogP contribution in [0, 0.1) is 0 Å². The summed E-state index contributed by atoms with van der Waals surface area (Å²) in [6.45, 7) is 6.23. The predicted molar refractivity (Wildman–Crippen MR) is 148 cm³/mol. The third-order valence-corrected chi connectivity index (χ3v) is 5.66. The number of hydrogen-bond acceptors (Lipinski definition) is 4. The van der Waals surface area contributed by atoms with Crippen LogP contribution in [0.15, 0.2) is 82.7 Å². The van der Waals surface area contributed by atoms with E-state index in [1.165, 1.54) is 12.2 Å². The molecule has 7 nitrogen and oxygen atoms in total. The lowest BCUT2D eigenvalue weighted by Crippen LogP contribution is -2.46. The van der Waals surface area contributed by atoms with Crippen LogP contribution in [-0.4, -0.2) is 25.7 Å². The molecule has 186 valence electrons. The van der Waals surface area contributed by atoms with Crippen LogP contribution in [0.4, 0.5) is 0 Å². The van der Waals surface area contributed by atoms with Gasteiger partial charge in [-0.1, -0.05) is 87.5 Å². The first kappa shape index (κ1) is 25.3. The molecule has 0 fully saturated rings. The summed E-state index contributed by atoms with van der Waals surface area (Å²) in [5.41, 5.74) is 2.77. The number of imidazole rings is 1. The number of benzene rings is 2. The molecule has 4 rings (SSSR count). The number of nitrogens with zero attached hydrogens (tertiary/aromatic N) is 1. The molecule has 0 spiro atoms. The Morgan fingerprint density at radius 2 is 1.43 bits per heavy atom. The van der Waals surface area contributed by atoms with E-state index in [1.807, 2.05) is 24.3 Å². The number of hydrogen-bond donors (Lipinski definition) is 3. The molecule has 0 amide bonds. The molecule has 2 aromatic heterocycles. The summed E-state index contributed by atoms with van der Waals surface area (Å²) >= 11 is 0. The van der Waals surface area contributed by atoms with Crippen molar-refractivity contribution in [1.29, 1.82) is 0 Å². The van der Waals surface area contributed by atoms with Crippen LogP contribution in [-0.2, 0) is 5.41 Å². The van der Waals surface area contributed by atoms with Gasteiger partial charge in [-0.15, -0.1) is 0 Å². The Balaban J connectivity index is 1.54. The summed E-state index contributed by atoms with van der Waals surface area (Å²) in [4.78, 5) is 50.4. The fourth-order valence-electron chi connectivity index (χ4n) is 3.79. The molecule has 4 aromatic rings. The van der Waals surface area contributed by atoms with Crippen LogP contribution in [0.2, 0.25) is 0 Å². The maximum absolute atomic E-state index is 12.7. The molecule has 0 aliphatic carbocycles. The number of carbonyl (C=O) groups is 1. The molecule has 0 aliphatic heterocycles. The van der Waals surface area contributed by atoms with Crippen molar-refractivity contribution >= 4 is 30.1 Å². The van der Waals surface area contributed by atoms with E-state index >= 15 is 0 Å². The number of carbonyl (C=O) groups excluding carboxylic acids is 1. The van der Waals surface area contributed by atoms with Crippen molar-refractivity contribution in [2.45, 2.75) is 26.2 Å². The lowest BCUT2D eigenvalue weighted by Gasteiger charge is -2.16. The van der Waals surface area contributed by atoms with Gasteiger partial charge in [0, 0.05) is 22.2 Å². The van der Waals surface area contributed by atoms with E-state index in [4.69, 9.17) is 0 Å². The number of allylic oxidation sites excluding steroid dienone is 2. The van der Waals surface area contributed by atoms with Crippen LogP contribution >= 0.6 is 0 Å². The molecular formula is C30H28N4O3. The van der Waals surface area contributed by atoms with E-state index in [1.54, 1.807) is 61.0 Å². The van der Waals surface area contributed by atoms with Gasteiger partial charge in [0.05, 0.1) is 12.0 Å². The monoisotopic (exact) mass is 492 g/mol. The highest BCUT2D eigenvalue weighted by atomic mass is 16.1. The minimum atomic E-state index is -0.424. The molecular weight excluding hydrogens is 464 g/mol. The smallest absolute Gasteiger partial charge is 0.272 e. The summed E-state index contributed by atoms with van der Waals surface area (Å²) in [5, 5.41) is 0.267. The van der Waals surface area contributed by atoms with Gasteiger partial charge in [-0.05, 0) is 29.9 Å². The van der Waals surface area contributed by atoms with Gasteiger partial charge < -0.3 is 15.0 Å². The Hall–Kier alpha value is -4.78. The van der Waals surface area contributed by atoms with Gasteiger partial charge in [0.1, 0.15) is 10.7 Å². The van der Waals surface area contributed by atoms with Crippen LogP contribution < -0.4 is 21.8 Å². The van der Waals surface area contributed by atoms with E-state index in [0.29, 0.717) is 11.1 Å². The zero-order valence-electron chi connectivity index (χ0n) is 20.9. The van der Waals surface area contributed by atoms with Crippen molar-refractivity contribution in [3.8, 4) is 0 Å². The van der Waals surface area contributed by atoms with Gasteiger partial charge in [0.15, 0.2) is 5.78 Å². The first-order chi connectivity index (χ1) is 17.7.